The molecule has 2 aromatic rings. The molecule has 0 radical (unpaired) electrons. The van der Waals surface area contributed by atoms with Crippen LogP contribution >= 0.6 is 0 Å². The number of terminal acetylenes is 1. The predicted octanol–water partition coefficient (Wildman–Crippen LogP) is 0.739. The topological polar surface area (TPSA) is 58.6 Å². The molecular weight excluding hydrogens is 325 g/mol. The summed E-state index contributed by atoms with van der Waals surface area (Å²) in [5.41, 5.74) is 1.64. The second kappa shape index (κ2) is 9.73. The fourth-order valence-electron chi connectivity index (χ4n) is 1.83. The van der Waals surface area contributed by atoms with Crippen LogP contribution < -0.4 is 12.4 Å². The Bertz CT molecular complexity index is 681. The van der Waals surface area contributed by atoms with Crippen molar-refractivity contribution in [3.8, 4) is 12.3 Å². The standard InChI is InChI=1S/C13H13N3O.2C2H5.Al.ClH/c1-5-8-6-14-12-10(16-8)9(7-15-12)11(17)13(2,3)4;2*1-2;;/h1,6-7H,2-4H3,(H,14,15);2*1H2,2H3;;1H/q;;;+1;/p-1. The van der Waals surface area contributed by atoms with Crippen molar-refractivity contribution < 1.29 is 17.2 Å². The summed E-state index contributed by atoms with van der Waals surface area (Å²) in [6, 6.07) is 0. The van der Waals surface area contributed by atoms with Crippen LogP contribution in [0.3, 0.4) is 0 Å². The minimum absolute atomic E-state index is 0. The molecule has 0 aromatic carbocycles. The van der Waals surface area contributed by atoms with Crippen molar-refractivity contribution in [2.45, 2.75) is 45.2 Å². The molecule has 0 saturated carbocycles. The SMILES string of the molecule is C#Cc1cnc2[nH]cc(C(=O)C(C)(C)C)c2n1.C[CH2][Al+][CH2]C.[Cl-]. The number of fused-ring (bicyclic) bond motifs is 1. The fraction of sp³-hybridized carbons (Fsp3) is 0.471. The monoisotopic (exact) mass is 347 g/mol. The van der Waals surface area contributed by atoms with Crippen LogP contribution in [0.4, 0.5) is 0 Å². The number of aromatic amines is 1. The van der Waals surface area contributed by atoms with Gasteiger partial charge < -0.3 is 17.4 Å². The van der Waals surface area contributed by atoms with Crippen LogP contribution in [-0.4, -0.2) is 36.0 Å². The number of aromatic nitrogens is 3. The number of ketones is 1. The average molecular weight is 348 g/mol. The number of carbonyl (C=O) groups is 1. The van der Waals surface area contributed by atoms with E-state index in [1.54, 1.807) is 6.20 Å². The number of Topliss-reactive ketones (excluding diaryl/α,β-unsaturated/α-hetero) is 1. The first-order chi connectivity index (χ1) is 10.3. The second-order valence-corrected chi connectivity index (χ2v) is 8.19. The summed E-state index contributed by atoms with van der Waals surface area (Å²) in [4.78, 5) is 23.5. The quantitative estimate of drug-likeness (QED) is 0.506. The van der Waals surface area contributed by atoms with Crippen molar-refractivity contribution in [3.63, 3.8) is 0 Å². The van der Waals surface area contributed by atoms with Crippen molar-refractivity contribution in [1.29, 1.82) is 0 Å². The molecule has 4 nitrogen and oxygen atoms in total. The van der Waals surface area contributed by atoms with E-state index in [-0.39, 0.29) is 18.2 Å². The van der Waals surface area contributed by atoms with Gasteiger partial charge in [-0.1, -0.05) is 20.8 Å². The van der Waals surface area contributed by atoms with Gasteiger partial charge >= 0.3 is 39.6 Å². The molecule has 1 N–H and O–H groups in total. The smallest absolute Gasteiger partial charge is 1.00 e. The van der Waals surface area contributed by atoms with Gasteiger partial charge in [0.05, 0.1) is 11.8 Å². The van der Waals surface area contributed by atoms with E-state index in [0.717, 1.165) is 15.2 Å². The van der Waals surface area contributed by atoms with Gasteiger partial charge in [-0.3, -0.25) is 4.79 Å². The first kappa shape index (κ1) is 21.7. The summed E-state index contributed by atoms with van der Waals surface area (Å²) < 4.78 is 0. The van der Waals surface area contributed by atoms with Crippen molar-refractivity contribution in [1.82, 2.24) is 15.0 Å². The van der Waals surface area contributed by atoms with E-state index in [1.807, 2.05) is 20.8 Å². The van der Waals surface area contributed by atoms with E-state index in [9.17, 15) is 4.79 Å². The number of nitrogens with one attached hydrogen (secondary N) is 1. The molecule has 2 rings (SSSR count). The molecule has 0 aliphatic rings. The van der Waals surface area contributed by atoms with Gasteiger partial charge in [0.15, 0.2) is 11.4 Å². The zero-order valence-electron chi connectivity index (χ0n) is 14.4. The summed E-state index contributed by atoms with van der Waals surface area (Å²) in [6.07, 6.45) is 8.42. The maximum absolute atomic E-state index is 12.2. The molecule has 0 amide bonds. The molecule has 2 aromatic heterocycles. The van der Waals surface area contributed by atoms with E-state index in [0.29, 0.717) is 22.4 Å². The Morgan fingerprint density at radius 2 is 1.96 bits per heavy atom. The number of rotatable bonds is 3. The van der Waals surface area contributed by atoms with Crippen molar-refractivity contribution >= 4 is 32.2 Å². The zero-order valence-corrected chi connectivity index (χ0v) is 16.3. The third-order valence-electron chi connectivity index (χ3n) is 3.03. The van der Waals surface area contributed by atoms with Gasteiger partial charge in [-0.15, -0.1) is 6.42 Å². The molecule has 0 aliphatic carbocycles. The van der Waals surface area contributed by atoms with Crippen LogP contribution in [0, 0.1) is 17.8 Å². The van der Waals surface area contributed by atoms with E-state index in [2.05, 4.69) is 34.7 Å². The Labute approximate surface area is 151 Å². The molecule has 0 fully saturated rings. The zero-order chi connectivity index (χ0) is 16.8. The van der Waals surface area contributed by atoms with Crippen molar-refractivity contribution in [2.75, 3.05) is 0 Å². The van der Waals surface area contributed by atoms with Gasteiger partial charge in [-0.05, 0) is 5.92 Å². The third kappa shape index (κ3) is 6.00. The van der Waals surface area contributed by atoms with Crippen LogP contribution in [0.15, 0.2) is 12.4 Å². The van der Waals surface area contributed by atoms with Crippen LogP contribution in [0.5, 0.6) is 0 Å². The summed E-state index contributed by atoms with van der Waals surface area (Å²) in [7, 11) is 0. The number of halogens is 1. The van der Waals surface area contributed by atoms with Gasteiger partial charge in [0.1, 0.15) is 11.2 Å². The Balaban J connectivity index is 0.000000709. The van der Waals surface area contributed by atoms with E-state index >= 15 is 0 Å². The van der Waals surface area contributed by atoms with Crippen LogP contribution in [-0.2, 0) is 0 Å². The fourth-order valence-corrected chi connectivity index (χ4v) is 2.40. The first-order valence-electron chi connectivity index (χ1n) is 7.52. The van der Waals surface area contributed by atoms with Gasteiger partial charge in [0.2, 0.25) is 0 Å². The molecule has 0 saturated heterocycles. The number of carbonyl (C=O) groups excluding carboxylic acids is 1. The summed E-state index contributed by atoms with van der Waals surface area (Å²) in [5, 5.41) is 2.85. The normalized spacial score (nSPS) is 9.91. The molecule has 122 valence electrons. The predicted molar refractivity (Wildman–Crippen MR) is 92.3 cm³/mol. The Hall–Kier alpha value is -1.33. The molecule has 6 heteroatoms. The number of hydrogen-bond donors (Lipinski definition) is 1. The largest absolute Gasteiger partial charge is 1.00 e. The maximum Gasteiger partial charge on any atom is -1.00 e. The Kier molecular flexibility index (Phi) is 9.17. The van der Waals surface area contributed by atoms with E-state index < -0.39 is 5.41 Å². The minimum Gasteiger partial charge on any atom is -1.00 e. The first-order valence-corrected chi connectivity index (χ1v) is 9.15. The number of H-pyrrole nitrogens is 1. The average Bonchev–Trinajstić information content (AvgIpc) is 2.89. The van der Waals surface area contributed by atoms with Gasteiger partial charge in [-0.2, -0.15) is 0 Å². The van der Waals surface area contributed by atoms with Gasteiger partial charge in [-0.25, -0.2) is 9.97 Å². The van der Waals surface area contributed by atoms with E-state index in [4.69, 9.17) is 6.42 Å². The second-order valence-electron chi connectivity index (χ2n) is 5.98. The summed E-state index contributed by atoms with van der Waals surface area (Å²) in [5.74, 6) is 2.44. The molecule has 0 bridgehead atoms. The molecular formula is C17H23AlClN3O. The molecule has 0 unspecified atom stereocenters. The molecule has 23 heavy (non-hydrogen) atoms. The molecule has 0 atom stereocenters. The van der Waals surface area contributed by atoms with Crippen molar-refractivity contribution in [2.24, 2.45) is 5.41 Å². The molecule has 0 spiro atoms. The number of nitrogens with zero attached hydrogens (tertiary/aromatic N) is 2. The Morgan fingerprint density at radius 3 is 2.39 bits per heavy atom. The number of hydrogen-bond acceptors (Lipinski definition) is 3. The van der Waals surface area contributed by atoms with Crippen LogP contribution in [0.1, 0.15) is 50.7 Å². The van der Waals surface area contributed by atoms with Crippen LogP contribution in [0.2, 0.25) is 10.6 Å². The molecule has 2 heterocycles. The third-order valence-corrected chi connectivity index (χ3v) is 4.19. The van der Waals surface area contributed by atoms with Crippen molar-refractivity contribution in [3.05, 3.63) is 23.7 Å². The summed E-state index contributed by atoms with van der Waals surface area (Å²) in [6.45, 7) is 10.1. The van der Waals surface area contributed by atoms with Gasteiger partial charge in [0, 0.05) is 11.6 Å². The maximum atomic E-state index is 12.2. The van der Waals surface area contributed by atoms with E-state index in [1.165, 1.54) is 16.8 Å². The summed E-state index contributed by atoms with van der Waals surface area (Å²) >= 11 is 0.815. The molecule has 0 aliphatic heterocycles. The minimum atomic E-state index is -0.455. The Morgan fingerprint density at radius 1 is 1.35 bits per heavy atom. The van der Waals surface area contributed by atoms with Gasteiger partial charge in [0.25, 0.3) is 0 Å². The van der Waals surface area contributed by atoms with Crippen LogP contribution in [0.25, 0.3) is 11.2 Å².